The SMILES string of the molecule is c1ccc(-c2ccc(N3c4cc(ccc4-c4ccccc4)N(c4ccccc4)c4cccc5c4sc4c3cccc45)cc2)cc1. The van der Waals surface area contributed by atoms with Gasteiger partial charge in [0, 0.05) is 33.4 Å². The Balaban J connectivity index is 1.38. The van der Waals surface area contributed by atoms with Crippen LogP contribution >= 0.6 is 11.3 Å². The molecule has 0 atom stereocenters. The molecule has 8 aromatic rings. The molecule has 1 aliphatic heterocycles. The smallest absolute Gasteiger partial charge is 0.0640 e. The van der Waals surface area contributed by atoms with Gasteiger partial charge >= 0.3 is 0 Å². The molecule has 9 rings (SSSR count). The van der Waals surface area contributed by atoms with Crippen molar-refractivity contribution in [2.75, 3.05) is 9.80 Å². The van der Waals surface area contributed by atoms with Crippen LogP contribution in [0.25, 0.3) is 42.4 Å². The molecule has 1 aromatic heterocycles. The number of hydrogen-bond donors (Lipinski definition) is 0. The van der Waals surface area contributed by atoms with Crippen molar-refractivity contribution < 1.29 is 0 Å². The Morgan fingerprint density at radius 1 is 0.333 bits per heavy atom. The molecule has 7 aromatic carbocycles. The molecule has 0 unspecified atom stereocenters. The van der Waals surface area contributed by atoms with Gasteiger partial charge in [-0.1, -0.05) is 121 Å². The van der Waals surface area contributed by atoms with Gasteiger partial charge in [0.1, 0.15) is 0 Å². The number of benzene rings is 7. The lowest BCUT2D eigenvalue weighted by Gasteiger charge is -2.32. The summed E-state index contributed by atoms with van der Waals surface area (Å²) in [5.41, 5.74) is 11.7. The van der Waals surface area contributed by atoms with Crippen molar-refractivity contribution in [2.45, 2.75) is 0 Å². The first-order valence-corrected chi connectivity index (χ1v) is 16.1. The summed E-state index contributed by atoms with van der Waals surface area (Å²) in [5, 5.41) is 2.57. The van der Waals surface area contributed by atoms with Gasteiger partial charge in [0.2, 0.25) is 0 Å². The lowest BCUT2D eigenvalue weighted by Crippen LogP contribution is -2.14. The van der Waals surface area contributed by atoms with Gasteiger partial charge in [0.15, 0.2) is 0 Å². The average molecular weight is 593 g/mol. The van der Waals surface area contributed by atoms with Crippen LogP contribution in [0.4, 0.5) is 34.1 Å². The topological polar surface area (TPSA) is 6.48 Å². The number of anilines is 6. The second-order valence-corrected chi connectivity index (χ2v) is 12.4. The first-order valence-electron chi connectivity index (χ1n) is 15.3. The van der Waals surface area contributed by atoms with E-state index in [0.29, 0.717) is 0 Å². The number of nitrogens with zero attached hydrogens (tertiary/aromatic N) is 2. The summed E-state index contributed by atoms with van der Waals surface area (Å²) in [6.45, 7) is 0. The number of hydrogen-bond acceptors (Lipinski definition) is 3. The molecule has 0 saturated carbocycles. The molecular formula is C42H28N2S. The van der Waals surface area contributed by atoms with Crippen LogP contribution in [0.5, 0.6) is 0 Å². The largest absolute Gasteiger partial charge is 0.309 e. The molecule has 2 nitrogen and oxygen atoms in total. The van der Waals surface area contributed by atoms with Crippen molar-refractivity contribution in [3.05, 3.63) is 170 Å². The predicted octanol–water partition coefficient (Wildman–Crippen LogP) is 12.6. The normalized spacial score (nSPS) is 12.4. The van der Waals surface area contributed by atoms with Gasteiger partial charge in [-0.3, -0.25) is 0 Å². The third-order valence-corrected chi connectivity index (χ3v) is 10.0. The molecule has 0 spiro atoms. The molecule has 0 fully saturated rings. The standard InChI is InChI=1S/C42H28N2S/c1-4-12-29(13-5-1)30-22-24-33(25-23-30)44-39-21-11-19-37-36-18-10-20-38(41(36)45-42(37)39)43(32-16-8-3-9-17-32)34-26-27-35(40(44)28-34)31-14-6-2-7-15-31/h1-28H. The Morgan fingerprint density at radius 2 is 0.844 bits per heavy atom. The minimum atomic E-state index is 1.12. The molecule has 0 aliphatic carbocycles. The third-order valence-electron chi connectivity index (χ3n) is 8.78. The lowest BCUT2D eigenvalue weighted by molar-refractivity contribution is 1.26. The monoisotopic (exact) mass is 592 g/mol. The molecule has 4 bridgehead atoms. The molecule has 1 aliphatic rings. The molecule has 0 radical (unpaired) electrons. The van der Waals surface area contributed by atoms with E-state index in [4.69, 9.17) is 0 Å². The zero-order chi connectivity index (χ0) is 29.7. The van der Waals surface area contributed by atoms with E-state index in [1.807, 2.05) is 11.3 Å². The average Bonchev–Trinajstić information content (AvgIpc) is 3.50. The van der Waals surface area contributed by atoms with Gasteiger partial charge in [-0.2, -0.15) is 0 Å². The van der Waals surface area contributed by atoms with Crippen molar-refractivity contribution >= 4 is 65.6 Å². The Morgan fingerprint density at radius 3 is 1.49 bits per heavy atom. The highest BCUT2D eigenvalue weighted by atomic mass is 32.1. The number of thiophene rings is 1. The van der Waals surface area contributed by atoms with Crippen molar-refractivity contribution in [1.82, 2.24) is 0 Å². The summed E-state index contributed by atoms with van der Waals surface area (Å²) >= 11 is 1.89. The first kappa shape index (κ1) is 25.8. The quantitative estimate of drug-likeness (QED) is 0.201. The molecule has 0 amide bonds. The molecule has 2 heterocycles. The summed E-state index contributed by atoms with van der Waals surface area (Å²) in [4.78, 5) is 4.88. The molecule has 0 N–H and O–H groups in total. The van der Waals surface area contributed by atoms with Crippen LogP contribution in [-0.2, 0) is 0 Å². The zero-order valence-corrected chi connectivity index (χ0v) is 25.3. The van der Waals surface area contributed by atoms with Gasteiger partial charge in [-0.25, -0.2) is 0 Å². The predicted molar refractivity (Wildman–Crippen MR) is 193 cm³/mol. The van der Waals surface area contributed by atoms with E-state index in [9.17, 15) is 0 Å². The second kappa shape index (κ2) is 10.5. The van der Waals surface area contributed by atoms with E-state index in [1.165, 1.54) is 53.8 Å². The first-order chi connectivity index (χ1) is 22.3. The van der Waals surface area contributed by atoms with E-state index in [2.05, 4.69) is 180 Å². The summed E-state index contributed by atoms with van der Waals surface area (Å²) in [6, 6.07) is 61.5. The minimum absolute atomic E-state index is 1.12. The number of fused-ring (bicyclic) bond motifs is 3. The van der Waals surface area contributed by atoms with E-state index < -0.39 is 0 Å². The summed E-state index contributed by atoms with van der Waals surface area (Å²) in [6.07, 6.45) is 0. The van der Waals surface area contributed by atoms with Crippen LogP contribution < -0.4 is 9.80 Å². The van der Waals surface area contributed by atoms with Gasteiger partial charge in [-0.15, -0.1) is 11.3 Å². The fourth-order valence-electron chi connectivity index (χ4n) is 6.69. The maximum Gasteiger partial charge on any atom is 0.0640 e. The number of para-hydroxylation sites is 1. The van der Waals surface area contributed by atoms with Crippen LogP contribution in [0.2, 0.25) is 0 Å². The summed E-state index contributed by atoms with van der Waals surface area (Å²) < 4.78 is 2.57. The van der Waals surface area contributed by atoms with Crippen LogP contribution in [-0.4, -0.2) is 0 Å². The van der Waals surface area contributed by atoms with E-state index in [1.54, 1.807) is 0 Å². The second-order valence-electron chi connectivity index (χ2n) is 11.4. The van der Waals surface area contributed by atoms with Crippen molar-refractivity contribution in [2.24, 2.45) is 0 Å². The van der Waals surface area contributed by atoms with Crippen LogP contribution in [0.15, 0.2) is 170 Å². The van der Waals surface area contributed by atoms with E-state index in [-0.39, 0.29) is 0 Å². The van der Waals surface area contributed by atoms with Crippen molar-refractivity contribution in [3.8, 4) is 22.3 Å². The van der Waals surface area contributed by atoms with Gasteiger partial charge < -0.3 is 9.80 Å². The van der Waals surface area contributed by atoms with Gasteiger partial charge in [-0.05, 0) is 65.2 Å². The maximum absolute atomic E-state index is 2.46. The van der Waals surface area contributed by atoms with Gasteiger partial charge in [0.05, 0.1) is 26.5 Å². The lowest BCUT2D eigenvalue weighted by atomic mass is 10.00. The summed E-state index contributed by atoms with van der Waals surface area (Å²) in [7, 11) is 0. The highest BCUT2D eigenvalue weighted by Gasteiger charge is 2.26. The highest BCUT2D eigenvalue weighted by Crippen LogP contribution is 2.53. The minimum Gasteiger partial charge on any atom is -0.309 e. The molecular weight excluding hydrogens is 565 g/mol. The molecule has 0 saturated heterocycles. The van der Waals surface area contributed by atoms with Crippen LogP contribution in [0, 0.1) is 0 Å². The van der Waals surface area contributed by atoms with Crippen LogP contribution in [0.3, 0.4) is 0 Å². The van der Waals surface area contributed by atoms with Crippen molar-refractivity contribution in [1.29, 1.82) is 0 Å². The maximum atomic E-state index is 2.46. The summed E-state index contributed by atoms with van der Waals surface area (Å²) in [5.74, 6) is 0. The Hall–Kier alpha value is -5.64. The zero-order valence-electron chi connectivity index (χ0n) is 24.5. The number of rotatable bonds is 4. The highest BCUT2D eigenvalue weighted by molar-refractivity contribution is 7.27. The van der Waals surface area contributed by atoms with E-state index >= 15 is 0 Å². The Kier molecular flexibility index (Phi) is 6.03. The fourth-order valence-corrected chi connectivity index (χ4v) is 8.00. The van der Waals surface area contributed by atoms with Gasteiger partial charge in [0.25, 0.3) is 0 Å². The molecule has 212 valence electrons. The van der Waals surface area contributed by atoms with E-state index in [0.717, 1.165) is 22.7 Å². The molecule has 45 heavy (non-hydrogen) atoms. The van der Waals surface area contributed by atoms with Crippen LogP contribution in [0.1, 0.15) is 0 Å². The Bertz CT molecular complexity index is 2310. The fraction of sp³-hybridized carbons (Fsp3) is 0. The van der Waals surface area contributed by atoms with Crippen molar-refractivity contribution in [3.63, 3.8) is 0 Å². The third kappa shape index (κ3) is 4.24. The molecule has 3 heteroatoms. The Labute approximate surface area is 266 Å².